The number of nitrogens with zero attached hydrogens (tertiary/aromatic N) is 2. The molecule has 1 rings (SSSR count). The van der Waals surface area contributed by atoms with Crippen LogP contribution in [0.25, 0.3) is 0 Å². The number of hydrogen-bond donors (Lipinski definition) is 2. The first-order valence-corrected chi connectivity index (χ1v) is 5.64. The van der Waals surface area contributed by atoms with Crippen LogP contribution in [0.2, 0.25) is 0 Å². The second-order valence-corrected chi connectivity index (χ2v) is 3.89. The number of nitro groups is 1. The van der Waals surface area contributed by atoms with Gasteiger partial charge in [0.25, 0.3) is 5.69 Å². The average molecular weight is 277 g/mol. The van der Waals surface area contributed by atoms with Crippen molar-refractivity contribution in [3.63, 3.8) is 0 Å². The molecule has 0 bridgehead atoms. The number of nitrogens with one attached hydrogen (secondary N) is 1. The maximum Gasteiger partial charge on any atom is 0.303 e. The minimum atomic E-state index is -0.995. The minimum Gasteiger partial charge on any atom is -0.481 e. The molecule has 8 nitrogen and oxygen atoms in total. The molecule has 0 atom stereocenters. The van der Waals surface area contributed by atoms with Gasteiger partial charge in [0.05, 0.1) is 16.2 Å². The van der Waals surface area contributed by atoms with E-state index >= 15 is 0 Å². The number of carbonyl (C=O) groups excluding carboxylic acids is 1. The maximum absolute atomic E-state index is 11.5. The zero-order valence-electron chi connectivity index (χ0n) is 10.3. The third-order valence-electron chi connectivity index (χ3n) is 2.40. The summed E-state index contributed by atoms with van der Waals surface area (Å²) in [7, 11) is 0. The standard InChI is InChI=1S/C12H11N3O5/c13-7-8-6-9(15(19)20)4-5-10(8)14-11(16)2-1-3-12(17)18/h4-6H,1-3H2,(H,14,16)(H,17,18). The SMILES string of the molecule is N#Cc1cc([N+](=O)[O-])ccc1NC(=O)CCCC(=O)O. The number of aliphatic carboxylic acids is 1. The van der Waals surface area contributed by atoms with Gasteiger partial charge in [-0.15, -0.1) is 0 Å². The van der Waals surface area contributed by atoms with Gasteiger partial charge in [-0.3, -0.25) is 19.7 Å². The number of nitro benzene ring substituents is 1. The maximum atomic E-state index is 11.5. The number of carboxylic acids is 1. The van der Waals surface area contributed by atoms with Gasteiger partial charge in [-0.05, 0) is 12.5 Å². The predicted octanol–water partition coefficient (Wildman–Crippen LogP) is 1.66. The summed E-state index contributed by atoms with van der Waals surface area (Å²) in [5.74, 6) is -1.44. The first-order valence-electron chi connectivity index (χ1n) is 5.64. The molecule has 20 heavy (non-hydrogen) atoms. The molecule has 0 spiro atoms. The van der Waals surface area contributed by atoms with Gasteiger partial charge in [0.1, 0.15) is 6.07 Å². The van der Waals surface area contributed by atoms with Crippen LogP contribution in [0, 0.1) is 21.4 Å². The molecule has 2 N–H and O–H groups in total. The number of anilines is 1. The van der Waals surface area contributed by atoms with E-state index in [0.717, 1.165) is 6.07 Å². The normalized spacial score (nSPS) is 9.55. The first kappa shape index (κ1) is 15.1. The minimum absolute atomic E-state index is 0.00580. The van der Waals surface area contributed by atoms with Crippen LogP contribution in [0.3, 0.4) is 0 Å². The molecule has 0 radical (unpaired) electrons. The van der Waals surface area contributed by atoms with Crippen molar-refractivity contribution in [2.24, 2.45) is 0 Å². The van der Waals surface area contributed by atoms with Crippen molar-refractivity contribution >= 4 is 23.3 Å². The van der Waals surface area contributed by atoms with E-state index in [0.29, 0.717) is 0 Å². The van der Waals surface area contributed by atoms with Crippen LogP contribution in [0.5, 0.6) is 0 Å². The van der Waals surface area contributed by atoms with Gasteiger partial charge in [0.15, 0.2) is 0 Å². The molecule has 0 aliphatic rings. The highest BCUT2D eigenvalue weighted by Gasteiger charge is 2.12. The lowest BCUT2D eigenvalue weighted by Gasteiger charge is -2.06. The van der Waals surface area contributed by atoms with Gasteiger partial charge < -0.3 is 10.4 Å². The zero-order chi connectivity index (χ0) is 15.1. The van der Waals surface area contributed by atoms with E-state index in [2.05, 4.69) is 5.32 Å². The van der Waals surface area contributed by atoms with Gasteiger partial charge in [0, 0.05) is 25.0 Å². The molecule has 1 amide bonds. The molecule has 0 unspecified atom stereocenters. The van der Waals surface area contributed by atoms with E-state index in [9.17, 15) is 19.7 Å². The third-order valence-corrected chi connectivity index (χ3v) is 2.40. The smallest absolute Gasteiger partial charge is 0.303 e. The number of rotatable bonds is 6. The highest BCUT2D eigenvalue weighted by molar-refractivity contribution is 5.92. The third kappa shape index (κ3) is 4.38. The van der Waals surface area contributed by atoms with Crippen molar-refractivity contribution in [2.45, 2.75) is 19.3 Å². The Hall–Kier alpha value is -2.95. The molecule has 0 fully saturated rings. The largest absolute Gasteiger partial charge is 0.481 e. The molecule has 1 aromatic carbocycles. The quantitative estimate of drug-likeness (QED) is 0.600. The summed E-state index contributed by atoms with van der Waals surface area (Å²) in [6.45, 7) is 0. The Morgan fingerprint density at radius 1 is 1.40 bits per heavy atom. The molecular weight excluding hydrogens is 266 g/mol. The van der Waals surface area contributed by atoms with Crippen molar-refractivity contribution in [3.05, 3.63) is 33.9 Å². The highest BCUT2D eigenvalue weighted by atomic mass is 16.6. The number of non-ortho nitro benzene ring substituents is 1. The number of amides is 1. The summed E-state index contributed by atoms with van der Waals surface area (Å²) in [5, 5.41) is 30.3. The first-order chi connectivity index (χ1) is 9.43. The molecule has 1 aromatic rings. The molecule has 104 valence electrons. The second kappa shape index (κ2) is 6.84. The summed E-state index contributed by atoms with van der Waals surface area (Å²) in [5.41, 5.74) is -0.102. The lowest BCUT2D eigenvalue weighted by atomic mass is 10.1. The van der Waals surface area contributed by atoms with Gasteiger partial charge in [-0.1, -0.05) is 0 Å². The van der Waals surface area contributed by atoms with Gasteiger partial charge >= 0.3 is 5.97 Å². The number of benzene rings is 1. The van der Waals surface area contributed by atoms with Crippen LogP contribution in [0.15, 0.2) is 18.2 Å². The van der Waals surface area contributed by atoms with Crippen molar-refractivity contribution in [1.29, 1.82) is 5.26 Å². The Kier molecular flexibility index (Phi) is 5.17. The number of carboxylic acid groups (broad SMARTS) is 1. The lowest BCUT2D eigenvalue weighted by molar-refractivity contribution is -0.384. The van der Waals surface area contributed by atoms with Crippen molar-refractivity contribution in [1.82, 2.24) is 0 Å². The molecule has 0 heterocycles. The van der Waals surface area contributed by atoms with Crippen molar-refractivity contribution in [3.8, 4) is 6.07 Å². The summed E-state index contributed by atoms with van der Waals surface area (Å²) < 4.78 is 0. The Labute approximate surface area is 113 Å². The molecule has 0 saturated heterocycles. The van der Waals surface area contributed by atoms with Crippen molar-refractivity contribution in [2.75, 3.05) is 5.32 Å². The van der Waals surface area contributed by atoms with Gasteiger partial charge in [-0.2, -0.15) is 5.26 Å². The van der Waals surface area contributed by atoms with E-state index in [1.54, 1.807) is 6.07 Å². The average Bonchev–Trinajstić information content (AvgIpc) is 2.38. The van der Waals surface area contributed by atoms with E-state index < -0.39 is 16.8 Å². The van der Waals surface area contributed by atoms with Gasteiger partial charge in [-0.25, -0.2) is 0 Å². The van der Waals surface area contributed by atoms with E-state index in [4.69, 9.17) is 10.4 Å². The van der Waals surface area contributed by atoms with Crippen LogP contribution in [-0.2, 0) is 9.59 Å². The van der Waals surface area contributed by atoms with Crippen LogP contribution >= 0.6 is 0 Å². The molecule has 0 aliphatic heterocycles. The fraction of sp³-hybridized carbons (Fsp3) is 0.250. The lowest BCUT2D eigenvalue weighted by Crippen LogP contribution is -2.13. The Morgan fingerprint density at radius 2 is 2.10 bits per heavy atom. The Balaban J connectivity index is 2.72. The van der Waals surface area contributed by atoms with E-state index in [1.165, 1.54) is 12.1 Å². The van der Waals surface area contributed by atoms with Crippen LogP contribution in [0.1, 0.15) is 24.8 Å². The predicted molar refractivity (Wildman–Crippen MR) is 67.9 cm³/mol. The summed E-state index contributed by atoms with van der Waals surface area (Å²) >= 11 is 0. The highest BCUT2D eigenvalue weighted by Crippen LogP contribution is 2.21. The zero-order valence-corrected chi connectivity index (χ0v) is 10.3. The molecule has 0 aliphatic carbocycles. The van der Waals surface area contributed by atoms with Crippen molar-refractivity contribution < 1.29 is 19.6 Å². The van der Waals surface area contributed by atoms with Gasteiger partial charge in [0.2, 0.25) is 5.91 Å². The van der Waals surface area contributed by atoms with Crippen LogP contribution < -0.4 is 5.32 Å². The fourth-order valence-corrected chi connectivity index (χ4v) is 1.46. The number of carbonyl (C=O) groups is 2. The molecule has 0 aromatic heterocycles. The van der Waals surface area contributed by atoms with Crippen LogP contribution in [-0.4, -0.2) is 21.9 Å². The van der Waals surface area contributed by atoms with E-state index in [-0.39, 0.29) is 36.2 Å². The Bertz CT molecular complexity index is 591. The Morgan fingerprint density at radius 3 is 2.65 bits per heavy atom. The molecular formula is C12H11N3O5. The number of hydrogen-bond acceptors (Lipinski definition) is 5. The summed E-state index contributed by atoms with van der Waals surface area (Å²) in [6.07, 6.45) is 0.0446. The van der Waals surface area contributed by atoms with Crippen LogP contribution in [0.4, 0.5) is 11.4 Å². The number of nitriles is 1. The second-order valence-electron chi connectivity index (χ2n) is 3.89. The fourth-order valence-electron chi connectivity index (χ4n) is 1.46. The molecule has 8 heteroatoms. The summed E-state index contributed by atoms with van der Waals surface area (Å²) in [4.78, 5) is 31.8. The molecule has 0 saturated carbocycles. The monoisotopic (exact) mass is 277 g/mol. The van der Waals surface area contributed by atoms with E-state index in [1.807, 2.05) is 0 Å². The summed E-state index contributed by atoms with van der Waals surface area (Å²) in [6, 6.07) is 5.26. The topological polar surface area (TPSA) is 133 Å².